The molecule has 4 N–H and O–H groups in total. The molecule has 6 nitrogen and oxygen atoms in total. The van der Waals surface area contributed by atoms with Gasteiger partial charge in [0.25, 0.3) is 0 Å². The molecule has 1 unspecified atom stereocenters. The number of hydrogen-bond acceptors (Lipinski definition) is 3. The third-order valence-corrected chi connectivity index (χ3v) is 2.16. The van der Waals surface area contributed by atoms with E-state index in [0.29, 0.717) is 0 Å². The van der Waals surface area contributed by atoms with Crippen molar-refractivity contribution in [2.24, 2.45) is 15.3 Å². The van der Waals surface area contributed by atoms with E-state index in [1.807, 2.05) is 0 Å². The Morgan fingerprint density at radius 1 is 1.58 bits per heavy atom. The van der Waals surface area contributed by atoms with E-state index in [1.165, 1.54) is 6.26 Å². The van der Waals surface area contributed by atoms with Gasteiger partial charge in [-0.1, -0.05) is 0 Å². The smallest absolute Gasteiger partial charge is 0.318 e. The fourth-order valence-corrected chi connectivity index (χ4v) is 1.37. The molecule has 0 radical (unpaired) electrons. The highest BCUT2D eigenvalue weighted by molar-refractivity contribution is 7.88. The summed E-state index contributed by atoms with van der Waals surface area (Å²) in [7, 11) is -4.92. The van der Waals surface area contributed by atoms with Gasteiger partial charge in [0.1, 0.15) is 5.84 Å². The Hall–Kier alpha value is -0.470. The van der Waals surface area contributed by atoms with Crippen molar-refractivity contribution in [1.29, 1.82) is 0 Å². The molecule has 12 heavy (non-hydrogen) atoms. The summed E-state index contributed by atoms with van der Waals surface area (Å²) in [6.07, 6.45) is 1.66. The minimum atomic E-state index is -3.91. The molecule has 0 aliphatic heterocycles. The average molecular weight is 213 g/mol. The lowest BCUT2D eigenvalue weighted by Crippen LogP contribution is -2.20. The first-order valence-electron chi connectivity index (χ1n) is 2.98. The molecular formula is C4H11N3O3S2. The lowest BCUT2D eigenvalue weighted by atomic mass is 10.5. The Kier molecular flexibility index (Phi) is 4.35. The van der Waals surface area contributed by atoms with Crippen LogP contribution >= 0.6 is 0 Å². The van der Waals surface area contributed by atoms with Crippen LogP contribution in [-0.2, 0) is 21.0 Å². The van der Waals surface area contributed by atoms with Crippen molar-refractivity contribution < 1.29 is 12.6 Å². The summed E-state index contributed by atoms with van der Waals surface area (Å²) < 4.78 is 34.2. The van der Waals surface area contributed by atoms with Gasteiger partial charge in [-0.2, -0.15) is 8.42 Å². The van der Waals surface area contributed by atoms with E-state index < -0.39 is 21.0 Å². The van der Waals surface area contributed by atoms with Crippen molar-refractivity contribution >= 4 is 26.8 Å². The Morgan fingerprint density at radius 3 is 2.42 bits per heavy atom. The van der Waals surface area contributed by atoms with Crippen molar-refractivity contribution in [1.82, 2.24) is 0 Å². The molecule has 0 rings (SSSR count). The van der Waals surface area contributed by atoms with E-state index in [-0.39, 0.29) is 18.0 Å². The number of hydrogen-bond donors (Lipinski definition) is 2. The number of amidine groups is 1. The lowest BCUT2D eigenvalue weighted by Gasteiger charge is -1.96. The minimum absolute atomic E-state index is 0.118. The van der Waals surface area contributed by atoms with Gasteiger partial charge in [-0.3, -0.25) is 4.21 Å². The highest BCUT2D eigenvalue weighted by atomic mass is 32.2. The predicted molar refractivity (Wildman–Crippen MR) is 48.3 cm³/mol. The molecule has 0 fully saturated rings. The molecule has 0 bridgehead atoms. The summed E-state index contributed by atoms with van der Waals surface area (Å²) >= 11 is 0. The Morgan fingerprint density at radius 2 is 2.08 bits per heavy atom. The largest absolute Gasteiger partial charge is 0.386 e. The monoisotopic (exact) mass is 213 g/mol. The first-order chi connectivity index (χ1) is 5.31. The van der Waals surface area contributed by atoms with Gasteiger partial charge < -0.3 is 5.73 Å². The second-order valence-corrected chi connectivity index (χ2v) is 4.89. The van der Waals surface area contributed by atoms with Crippen LogP contribution in [0.2, 0.25) is 0 Å². The van der Waals surface area contributed by atoms with Crippen LogP contribution in [0.5, 0.6) is 0 Å². The van der Waals surface area contributed by atoms with Crippen LogP contribution in [0.25, 0.3) is 0 Å². The Bertz CT molecular complexity index is 295. The van der Waals surface area contributed by atoms with Crippen molar-refractivity contribution in [2.75, 3.05) is 12.0 Å². The van der Waals surface area contributed by atoms with E-state index in [2.05, 4.69) is 9.54 Å². The Labute approximate surface area is 73.7 Å². The fraction of sp³-hybridized carbons (Fsp3) is 0.750. The van der Waals surface area contributed by atoms with E-state index in [4.69, 9.17) is 5.73 Å². The van der Waals surface area contributed by atoms with Gasteiger partial charge in [0.2, 0.25) is 0 Å². The summed E-state index contributed by atoms with van der Waals surface area (Å²) in [5.74, 6) is 0.165. The highest BCUT2D eigenvalue weighted by Gasteiger charge is 2.01. The van der Waals surface area contributed by atoms with Crippen molar-refractivity contribution in [3.63, 3.8) is 0 Å². The molecule has 0 aliphatic carbocycles. The van der Waals surface area contributed by atoms with Crippen LogP contribution in [0, 0.1) is 0 Å². The van der Waals surface area contributed by atoms with Crippen LogP contribution in [-0.4, -0.2) is 30.5 Å². The molecule has 0 heterocycles. The first-order valence-corrected chi connectivity index (χ1v) is 6.21. The van der Waals surface area contributed by atoms with Gasteiger partial charge in [-0.25, -0.2) is 5.14 Å². The van der Waals surface area contributed by atoms with Gasteiger partial charge >= 0.3 is 10.2 Å². The Balaban J connectivity index is 4.14. The molecule has 0 aromatic carbocycles. The number of nitrogens with zero attached hydrogens (tertiary/aromatic N) is 1. The van der Waals surface area contributed by atoms with Gasteiger partial charge in [0, 0.05) is 29.2 Å². The maximum absolute atomic E-state index is 10.5. The van der Waals surface area contributed by atoms with Crippen molar-refractivity contribution in [2.45, 2.75) is 6.42 Å². The van der Waals surface area contributed by atoms with Gasteiger partial charge in [-0.15, -0.1) is 4.40 Å². The van der Waals surface area contributed by atoms with Crippen molar-refractivity contribution in [3.05, 3.63) is 0 Å². The van der Waals surface area contributed by atoms with Crippen LogP contribution in [0.15, 0.2) is 4.40 Å². The van der Waals surface area contributed by atoms with E-state index in [1.54, 1.807) is 0 Å². The highest BCUT2D eigenvalue weighted by Crippen LogP contribution is 1.87. The fourth-order valence-electron chi connectivity index (χ4n) is 0.457. The van der Waals surface area contributed by atoms with E-state index in [0.717, 1.165) is 0 Å². The molecule has 0 aliphatic rings. The molecule has 0 amide bonds. The molecule has 8 heteroatoms. The van der Waals surface area contributed by atoms with Crippen LogP contribution in [0.1, 0.15) is 6.42 Å². The van der Waals surface area contributed by atoms with Crippen LogP contribution in [0.4, 0.5) is 0 Å². The zero-order valence-electron chi connectivity index (χ0n) is 6.56. The van der Waals surface area contributed by atoms with Crippen molar-refractivity contribution in [3.8, 4) is 0 Å². The molecule has 1 atom stereocenters. The molecule has 0 aromatic rings. The van der Waals surface area contributed by atoms with Crippen LogP contribution in [0.3, 0.4) is 0 Å². The van der Waals surface area contributed by atoms with Gasteiger partial charge in [-0.05, 0) is 0 Å². The predicted octanol–water partition coefficient (Wildman–Crippen LogP) is -1.68. The summed E-state index contributed by atoms with van der Waals surface area (Å²) in [6, 6.07) is 0. The van der Waals surface area contributed by atoms with E-state index >= 15 is 0 Å². The van der Waals surface area contributed by atoms with Gasteiger partial charge in [0.15, 0.2) is 0 Å². The van der Waals surface area contributed by atoms with E-state index in [9.17, 15) is 12.6 Å². The molecular weight excluding hydrogens is 202 g/mol. The zero-order valence-corrected chi connectivity index (χ0v) is 8.19. The third-order valence-electron chi connectivity index (χ3n) is 0.890. The third kappa shape index (κ3) is 7.63. The molecule has 0 saturated carbocycles. The van der Waals surface area contributed by atoms with Gasteiger partial charge in [0.05, 0.1) is 0 Å². The quantitative estimate of drug-likeness (QED) is 0.428. The summed E-state index contributed by atoms with van der Waals surface area (Å²) in [5, 5.41) is 4.57. The molecule has 0 spiro atoms. The maximum atomic E-state index is 10.5. The summed E-state index contributed by atoms with van der Waals surface area (Å²) in [6.45, 7) is 0. The number of rotatable bonds is 4. The standard InChI is InChI=1S/C4H11N3O3S2/c1-11(8)3-2-4(5)7-12(6,9)10/h2-3H2,1H3,(H2,5,7)(H2,6,9,10). The first kappa shape index (κ1) is 11.5. The average Bonchev–Trinajstić information content (AvgIpc) is 1.79. The second-order valence-electron chi connectivity index (χ2n) is 2.12. The minimum Gasteiger partial charge on any atom is -0.386 e. The molecule has 72 valence electrons. The van der Waals surface area contributed by atoms with Crippen LogP contribution < -0.4 is 10.9 Å². The number of nitrogens with two attached hydrogens (primary N) is 2. The molecule has 0 aromatic heterocycles. The zero-order chi connectivity index (χ0) is 9.78. The lowest BCUT2D eigenvalue weighted by molar-refractivity contribution is 0.599. The second kappa shape index (κ2) is 4.53. The molecule has 0 saturated heterocycles. The topological polar surface area (TPSA) is 116 Å². The summed E-state index contributed by atoms with van der Waals surface area (Å²) in [5.41, 5.74) is 5.16. The summed E-state index contributed by atoms with van der Waals surface area (Å²) in [4.78, 5) is 0. The maximum Gasteiger partial charge on any atom is 0.318 e. The SMILES string of the molecule is CS(=O)CC/C(N)=N\S(N)(=O)=O. The normalized spacial score (nSPS) is 16.0.